The maximum atomic E-state index is 13.4. The molecule has 0 unspecified atom stereocenters. The van der Waals surface area contributed by atoms with Crippen LogP contribution in [-0.2, 0) is 6.61 Å². The van der Waals surface area contributed by atoms with Crippen LogP contribution in [0.1, 0.15) is 5.56 Å². The number of fused-ring (bicyclic) bond motifs is 1. The van der Waals surface area contributed by atoms with Crippen LogP contribution in [0.3, 0.4) is 0 Å². The highest BCUT2D eigenvalue weighted by atomic mass is 79.9. The smallest absolute Gasteiger partial charge is 0.141 e. The van der Waals surface area contributed by atoms with Gasteiger partial charge < -0.3 is 4.74 Å². The van der Waals surface area contributed by atoms with Crippen molar-refractivity contribution in [2.75, 3.05) is 0 Å². The van der Waals surface area contributed by atoms with Crippen molar-refractivity contribution in [3.63, 3.8) is 0 Å². The third-order valence-electron chi connectivity index (χ3n) is 3.04. The van der Waals surface area contributed by atoms with Gasteiger partial charge in [0.15, 0.2) is 0 Å². The molecule has 0 amide bonds. The second kappa shape index (κ2) is 6.00. The van der Waals surface area contributed by atoms with E-state index in [0.717, 1.165) is 16.5 Å². The molecule has 0 fully saturated rings. The predicted octanol–water partition coefficient (Wildman–Crippen LogP) is 5.37. The van der Waals surface area contributed by atoms with Gasteiger partial charge in [-0.25, -0.2) is 9.37 Å². The number of para-hydroxylation sites is 1. The normalized spacial score (nSPS) is 10.8. The van der Waals surface area contributed by atoms with Gasteiger partial charge in [-0.15, -0.1) is 0 Å². The van der Waals surface area contributed by atoms with Crippen molar-refractivity contribution in [3.8, 4) is 5.75 Å². The molecule has 0 saturated carbocycles. The van der Waals surface area contributed by atoms with Crippen LogP contribution >= 0.6 is 27.5 Å². The zero-order valence-corrected chi connectivity index (χ0v) is 13.2. The summed E-state index contributed by atoms with van der Waals surface area (Å²) in [6.45, 7) is 0.234. The number of aromatic nitrogens is 1. The van der Waals surface area contributed by atoms with Gasteiger partial charge in [-0.05, 0) is 40.2 Å². The fraction of sp³-hybridized carbons (Fsp3) is 0.0625. The first-order valence-corrected chi connectivity index (χ1v) is 7.42. The van der Waals surface area contributed by atoms with Gasteiger partial charge in [0.1, 0.15) is 23.3 Å². The lowest BCUT2D eigenvalue weighted by molar-refractivity contribution is 0.304. The van der Waals surface area contributed by atoms with Gasteiger partial charge >= 0.3 is 0 Å². The highest BCUT2D eigenvalue weighted by molar-refractivity contribution is 9.10. The lowest BCUT2D eigenvalue weighted by Crippen LogP contribution is -1.98. The Balaban J connectivity index is 1.84. The van der Waals surface area contributed by atoms with Crippen LogP contribution in [0.25, 0.3) is 10.9 Å². The summed E-state index contributed by atoms with van der Waals surface area (Å²) >= 11 is 9.26. The van der Waals surface area contributed by atoms with Gasteiger partial charge in [0.25, 0.3) is 0 Å². The summed E-state index contributed by atoms with van der Waals surface area (Å²) in [7, 11) is 0. The van der Waals surface area contributed by atoms with Crippen molar-refractivity contribution >= 4 is 38.4 Å². The first-order valence-electron chi connectivity index (χ1n) is 6.25. The van der Waals surface area contributed by atoms with Crippen molar-refractivity contribution in [2.45, 2.75) is 6.61 Å². The van der Waals surface area contributed by atoms with Gasteiger partial charge in [0.05, 0.1) is 9.99 Å². The third kappa shape index (κ3) is 3.17. The maximum absolute atomic E-state index is 13.4. The van der Waals surface area contributed by atoms with E-state index in [1.54, 1.807) is 12.1 Å². The van der Waals surface area contributed by atoms with Crippen molar-refractivity contribution in [2.24, 2.45) is 0 Å². The summed E-state index contributed by atoms with van der Waals surface area (Å²) in [5, 5.41) is 1.38. The highest BCUT2D eigenvalue weighted by Gasteiger charge is 2.07. The predicted molar refractivity (Wildman–Crippen MR) is 85.2 cm³/mol. The number of ether oxygens (including phenoxy) is 1. The molecule has 1 heterocycles. The molecule has 0 aliphatic carbocycles. The van der Waals surface area contributed by atoms with Gasteiger partial charge in [-0.3, -0.25) is 0 Å². The number of hydrogen-bond acceptors (Lipinski definition) is 2. The van der Waals surface area contributed by atoms with E-state index in [4.69, 9.17) is 16.3 Å². The Hall–Kier alpha value is -1.65. The Kier molecular flexibility index (Phi) is 4.08. The van der Waals surface area contributed by atoms with Crippen LogP contribution in [0.5, 0.6) is 5.75 Å². The van der Waals surface area contributed by atoms with Crippen LogP contribution in [0, 0.1) is 5.82 Å². The van der Waals surface area contributed by atoms with E-state index in [1.165, 1.54) is 6.07 Å². The fourth-order valence-electron chi connectivity index (χ4n) is 1.97. The van der Waals surface area contributed by atoms with Crippen molar-refractivity contribution in [1.82, 2.24) is 4.98 Å². The number of rotatable bonds is 3. The molecule has 0 atom stereocenters. The molecule has 3 aromatic rings. The summed E-state index contributed by atoms with van der Waals surface area (Å²) in [6.07, 6.45) is 0. The molecular weight excluding hydrogens is 357 g/mol. The highest BCUT2D eigenvalue weighted by Crippen LogP contribution is 2.24. The molecule has 0 N–H and O–H groups in total. The van der Waals surface area contributed by atoms with Crippen molar-refractivity contribution < 1.29 is 9.13 Å². The van der Waals surface area contributed by atoms with Crippen LogP contribution in [0.15, 0.2) is 53.0 Å². The first kappa shape index (κ1) is 14.3. The lowest BCUT2D eigenvalue weighted by Gasteiger charge is -2.09. The van der Waals surface area contributed by atoms with Gasteiger partial charge in [0.2, 0.25) is 0 Å². The van der Waals surface area contributed by atoms with E-state index >= 15 is 0 Å². The molecule has 2 aromatic carbocycles. The molecule has 0 aliphatic rings. The fourth-order valence-corrected chi connectivity index (χ4v) is 2.41. The number of benzene rings is 2. The number of nitrogens with zero attached hydrogens (tertiary/aromatic N) is 1. The van der Waals surface area contributed by atoms with E-state index < -0.39 is 0 Å². The molecule has 3 rings (SSSR count). The molecule has 106 valence electrons. The van der Waals surface area contributed by atoms with Crippen molar-refractivity contribution in [3.05, 3.63) is 69.5 Å². The summed E-state index contributed by atoms with van der Waals surface area (Å²) in [5.41, 5.74) is 1.60. The molecule has 0 aliphatic heterocycles. The van der Waals surface area contributed by atoms with E-state index in [9.17, 15) is 4.39 Å². The standard InChI is InChI=1S/C16H10BrClFNO/c17-13-6-5-12(8-14(13)19)21-9-11-7-10-3-1-2-4-15(10)20-16(11)18/h1-8H,9H2. The Morgan fingerprint density at radius 3 is 2.76 bits per heavy atom. The first-order chi connectivity index (χ1) is 10.1. The van der Waals surface area contributed by atoms with E-state index in [-0.39, 0.29) is 12.4 Å². The van der Waals surface area contributed by atoms with E-state index in [0.29, 0.717) is 15.4 Å². The summed E-state index contributed by atoms with van der Waals surface area (Å²) in [4.78, 5) is 4.32. The van der Waals surface area contributed by atoms with E-state index in [1.807, 2.05) is 30.3 Å². The molecule has 0 spiro atoms. The average molecular weight is 367 g/mol. The Morgan fingerprint density at radius 1 is 1.14 bits per heavy atom. The minimum atomic E-state index is -0.366. The average Bonchev–Trinajstić information content (AvgIpc) is 2.48. The lowest BCUT2D eigenvalue weighted by atomic mass is 10.2. The van der Waals surface area contributed by atoms with Gasteiger partial charge in [0, 0.05) is 17.0 Å². The second-order valence-corrected chi connectivity index (χ2v) is 5.71. The number of hydrogen-bond donors (Lipinski definition) is 0. The van der Waals surface area contributed by atoms with E-state index in [2.05, 4.69) is 20.9 Å². The molecule has 0 saturated heterocycles. The molecule has 0 bridgehead atoms. The van der Waals surface area contributed by atoms with Crippen LogP contribution < -0.4 is 4.74 Å². The molecule has 1 aromatic heterocycles. The molecule has 21 heavy (non-hydrogen) atoms. The summed E-state index contributed by atoms with van der Waals surface area (Å²) in [6, 6.07) is 14.3. The Morgan fingerprint density at radius 2 is 1.95 bits per heavy atom. The second-order valence-electron chi connectivity index (χ2n) is 4.50. The SMILES string of the molecule is Fc1cc(OCc2cc3ccccc3nc2Cl)ccc1Br. The largest absolute Gasteiger partial charge is 0.489 e. The topological polar surface area (TPSA) is 22.1 Å². The molecular formula is C16H10BrClFNO. The minimum absolute atomic E-state index is 0.234. The number of pyridine rings is 1. The maximum Gasteiger partial charge on any atom is 0.141 e. The van der Waals surface area contributed by atoms with Crippen LogP contribution in [0.4, 0.5) is 4.39 Å². The monoisotopic (exact) mass is 365 g/mol. The zero-order chi connectivity index (χ0) is 14.8. The third-order valence-corrected chi connectivity index (χ3v) is 4.01. The summed E-state index contributed by atoms with van der Waals surface area (Å²) in [5.74, 6) is 0.0789. The Bertz CT molecular complexity index is 809. The minimum Gasteiger partial charge on any atom is -0.489 e. The van der Waals surface area contributed by atoms with Crippen LogP contribution in [-0.4, -0.2) is 4.98 Å². The molecule has 2 nitrogen and oxygen atoms in total. The quantitative estimate of drug-likeness (QED) is 0.581. The number of halogens is 3. The van der Waals surface area contributed by atoms with Crippen molar-refractivity contribution in [1.29, 1.82) is 0 Å². The van der Waals surface area contributed by atoms with Gasteiger partial charge in [-0.1, -0.05) is 29.8 Å². The van der Waals surface area contributed by atoms with Crippen LogP contribution in [0.2, 0.25) is 5.15 Å². The molecule has 5 heteroatoms. The molecule has 0 radical (unpaired) electrons. The van der Waals surface area contributed by atoms with Gasteiger partial charge in [-0.2, -0.15) is 0 Å². The zero-order valence-electron chi connectivity index (χ0n) is 10.8. The Labute approximate surface area is 134 Å². The summed E-state index contributed by atoms with van der Waals surface area (Å²) < 4.78 is 19.4.